The maximum absolute atomic E-state index is 5.90. The summed E-state index contributed by atoms with van der Waals surface area (Å²) in [7, 11) is 0. The van der Waals surface area contributed by atoms with Crippen molar-refractivity contribution in [3.63, 3.8) is 0 Å². The first-order valence-corrected chi connectivity index (χ1v) is 7.31. The summed E-state index contributed by atoms with van der Waals surface area (Å²) in [6.07, 6.45) is 4.10. The summed E-state index contributed by atoms with van der Waals surface area (Å²) in [5.74, 6) is 2.02. The van der Waals surface area contributed by atoms with E-state index in [4.69, 9.17) is 4.74 Å². The average Bonchev–Trinajstić information content (AvgIpc) is 2.40. The maximum Gasteiger partial charge on any atom is 0.160 e. The van der Waals surface area contributed by atoms with E-state index in [2.05, 4.69) is 49.9 Å². The second kappa shape index (κ2) is 8.10. The molecule has 0 aliphatic heterocycles. The third kappa shape index (κ3) is 5.15. The van der Waals surface area contributed by atoms with Crippen molar-refractivity contribution in [2.75, 3.05) is 6.54 Å². The molecule has 0 aliphatic rings. The van der Waals surface area contributed by atoms with Gasteiger partial charge in [0, 0.05) is 12.5 Å². The Bertz CT molecular complexity index is 380. The second-order valence-corrected chi connectivity index (χ2v) is 5.21. The second-order valence-electron chi connectivity index (χ2n) is 5.21. The van der Waals surface area contributed by atoms with Gasteiger partial charge in [0.15, 0.2) is 5.75 Å². The van der Waals surface area contributed by atoms with Gasteiger partial charge in [-0.15, -0.1) is 0 Å². The summed E-state index contributed by atoms with van der Waals surface area (Å²) in [6, 6.07) is 0. The van der Waals surface area contributed by atoms with Crippen LogP contribution < -0.4 is 10.1 Å². The van der Waals surface area contributed by atoms with Crippen LogP contribution in [-0.4, -0.2) is 22.6 Å². The highest BCUT2D eigenvalue weighted by molar-refractivity contribution is 5.25. The van der Waals surface area contributed by atoms with Crippen LogP contribution in [0.25, 0.3) is 0 Å². The fourth-order valence-electron chi connectivity index (χ4n) is 1.61. The van der Waals surface area contributed by atoms with Crippen molar-refractivity contribution in [2.24, 2.45) is 0 Å². The highest BCUT2D eigenvalue weighted by atomic mass is 16.5. The molecule has 1 atom stereocenters. The number of aromatic nitrogens is 2. The summed E-state index contributed by atoms with van der Waals surface area (Å²) in [5, 5.41) is 3.38. The summed E-state index contributed by atoms with van der Waals surface area (Å²) in [6.45, 7) is 12.3. The largest absolute Gasteiger partial charge is 0.487 e. The lowest BCUT2D eigenvalue weighted by Gasteiger charge is -2.17. The molecular formula is C15H27N3O. The quantitative estimate of drug-likeness (QED) is 0.733. The molecule has 1 aromatic rings. The van der Waals surface area contributed by atoms with Gasteiger partial charge in [0.05, 0.1) is 18.0 Å². The van der Waals surface area contributed by atoms with E-state index < -0.39 is 0 Å². The molecule has 1 heterocycles. The Labute approximate surface area is 117 Å². The van der Waals surface area contributed by atoms with E-state index in [0.717, 1.165) is 43.2 Å². The molecule has 0 radical (unpaired) electrons. The average molecular weight is 265 g/mol. The fourth-order valence-corrected chi connectivity index (χ4v) is 1.61. The van der Waals surface area contributed by atoms with Crippen LogP contribution in [0.4, 0.5) is 0 Å². The van der Waals surface area contributed by atoms with Gasteiger partial charge in [0.25, 0.3) is 0 Å². The van der Waals surface area contributed by atoms with E-state index in [-0.39, 0.29) is 6.10 Å². The van der Waals surface area contributed by atoms with Gasteiger partial charge in [-0.1, -0.05) is 27.7 Å². The molecule has 0 spiro atoms. The molecule has 4 nitrogen and oxygen atoms in total. The molecule has 19 heavy (non-hydrogen) atoms. The van der Waals surface area contributed by atoms with Gasteiger partial charge in [-0.2, -0.15) is 0 Å². The lowest BCUT2D eigenvalue weighted by atomic mass is 10.2. The minimum Gasteiger partial charge on any atom is -0.487 e. The highest BCUT2D eigenvalue weighted by Crippen LogP contribution is 2.20. The van der Waals surface area contributed by atoms with Crippen molar-refractivity contribution >= 4 is 0 Å². The predicted molar refractivity (Wildman–Crippen MR) is 78.5 cm³/mol. The predicted octanol–water partition coefficient (Wildman–Crippen LogP) is 3.28. The van der Waals surface area contributed by atoms with E-state index in [1.54, 1.807) is 0 Å². The molecule has 1 aromatic heterocycles. The Balaban J connectivity index is 2.87. The normalized spacial score (nSPS) is 12.7. The molecule has 0 aromatic carbocycles. The van der Waals surface area contributed by atoms with E-state index in [0.29, 0.717) is 5.92 Å². The fraction of sp³-hybridized carbons (Fsp3) is 0.733. The zero-order valence-electron chi connectivity index (χ0n) is 12.9. The van der Waals surface area contributed by atoms with Gasteiger partial charge in [-0.05, 0) is 26.3 Å². The lowest BCUT2D eigenvalue weighted by molar-refractivity contribution is 0.212. The summed E-state index contributed by atoms with van der Waals surface area (Å²) in [4.78, 5) is 9.02. The van der Waals surface area contributed by atoms with Crippen LogP contribution in [-0.2, 0) is 6.54 Å². The lowest BCUT2D eigenvalue weighted by Crippen LogP contribution is -2.19. The molecule has 1 unspecified atom stereocenters. The number of rotatable bonds is 8. The van der Waals surface area contributed by atoms with Gasteiger partial charge in [0.2, 0.25) is 0 Å². The summed E-state index contributed by atoms with van der Waals surface area (Å²) >= 11 is 0. The van der Waals surface area contributed by atoms with Gasteiger partial charge >= 0.3 is 0 Å². The first kappa shape index (κ1) is 15.9. The van der Waals surface area contributed by atoms with Crippen molar-refractivity contribution in [2.45, 2.75) is 66.0 Å². The van der Waals surface area contributed by atoms with Crippen molar-refractivity contribution in [3.05, 3.63) is 17.7 Å². The zero-order chi connectivity index (χ0) is 14.3. The first-order chi connectivity index (χ1) is 9.08. The molecule has 0 fully saturated rings. The topological polar surface area (TPSA) is 47.0 Å². The van der Waals surface area contributed by atoms with Gasteiger partial charge in [0.1, 0.15) is 5.82 Å². The van der Waals surface area contributed by atoms with Crippen LogP contribution in [0.1, 0.15) is 64.9 Å². The summed E-state index contributed by atoms with van der Waals surface area (Å²) < 4.78 is 5.90. The Kier molecular flexibility index (Phi) is 6.78. The van der Waals surface area contributed by atoms with E-state index >= 15 is 0 Å². The number of hydrogen-bond donors (Lipinski definition) is 1. The first-order valence-electron chi connectivity index (χ1n) is 7.31. The van der Waals surface area contributed by atoms with Crippen LogP contribution in [0.15, 0.2) is 6.20 Å². The molecule has 0 saturated heterocycles. The molecule has 0 amide bonds. The molecule has 0 bridgehead atoms. The third-order valence-corrected chi connectivity index (χ3v) is 2.99. The van der Waals surface area contributed by atoms with Crippen molar-refractivity contribution in [1.29, 1.82) is 0 Å². The Hall–Kier alpha value is -1.16. The molecule has 108 valence electrons. The van der Waals surface area contributed by atoms with Crippen LogP contribution in [0.5, 0.6) is 5.75 Å². The summed E-state index contributed by atoms with van der Waals surface area (Å²) in [5.41, 5.74) is 0.965. The van der Waals surface area contributed by atoms with Gasteiger partial charge in [-0.3, -0.25) is 0 Å². The Morgan fingerprint density at radius 1 is 1.26 bits per heavy atom. The van der Waals surface area contributed by atoms with E-state index in [1.165, 1.54) is 0 Å². The molecule has 1 N–H and O–H groups in total. The van der Waals surface area contributed by atoms with Crippen molar-refractivity contribution < 1.29 is 4.74 Å². The number of nitrogens with one attached hydrogen (secondary N) is 1. The minimum atomic E-state index is 0.193. The zero-order valence-corrected chi connectivity index (χ0v) is 12.9. The Morgan fingerprint density at radius 3 is 2.58 bits per heavy atom. The number of nitrogens with zero attached hydrogens (tertiary/aromatic N) is 2. The SMILES string of the molecule is CCCNCc1nc(C(C)C)ncc1OC(C)CC. The standard InChI is InChI=1S/C15H27N3O/c1-6-8-16-9-13-14(19-12(5)7-2)10-17-15(18-13)11(3)4/h10-12,16H,6-9H2,1-5H3. The molecular weight excluding hydrogens is 238 g/mol. The third-order valence-electron chi connectivity index (χ3n) is 2.99. The van der Waals surface area contributed by atoms with Gasteiger partial charge < -0.3 is 10.1 Å². The number of ether oxygens (including phenoxy) is 1. The monoisotopic (exact) mass is 265 g/mol. The van der Waals surface area contributed by atoms with Crippen LogP contribution in [0.2, 0.25) is 0 Å². The molecule has 0 aliphatic carbocycles. The smallest absolute Gasteiger partial charge is 0.160 e. The van der Waals surface area contributed by atoms with Crippen LogP contribution in [0.3, 0.4) is 0 Å². The van der Waals surface area contributed by atoms with E-state index in [9.17, 15) is 0 Å². The highest BCUT2D eigenvalue weighted by Gasteiger charge is 2.12. The van der Waals surface area contributed by atoms with Crippen LogP contribution in [0, 0.1) is 0 Å². The van der Waals surface area contributed by atoms with E-state index in [1.807, 2.05) is 6.20 Å². The Morgan fingerprint density at radius 2 is 2.00 bits per heavy atom. The minimum absolute atomic E-state index is 0.193. The molecule has 0 saturated carbocycles. The van der Waals surface area contributed by atoms with Crippen molar-refractivity contribution in [3.8, 4) is 5.75 Å². The van der Waals surface area contributed by atoms with Gasteiger partial charge in [-0.25, -0.2) is 9.97 Å². The molecule has 4 heteroatoms. The van der Waals surface area contributed by atoms with Crippen LogP contribution >= 0.6 is 0 Å². The maximum atomic E-state index is 5.90. The number of hydrogen-bond acceptors (Lipinski definition) is 4. The van der Waals surface area contributed by atoms with Crippen molar-refractivity contribution in [1.82, 2.24) is 15.3 Å². The molecule has 1 rings (SSSR count).